The van der Waals surface area contributed by atoms with Gasteiger partial charge in [0.15, 0.2) is 0 Å². The molecule has 5 nitrogen and oxygen atoms in total. The number of carbonyl (C=O) groups is 1. The second-order valence-electron chi connectivity index (χ2n) is 3.86. The molecule has 0 saturated heterocycles. The molecule has 1 rings (SSSR count). The first-order chi connectivity index (χ1) is 8.56. The van der Waals surface area contributed by atoms with Crippen molar-refractivity contribution < 1.29 is 14.6 Å². The lowest BCUT2D eigenvalue weighted by Crippen LogP contribution is -2.28. The number of benzene rings is 1. The molecule has 0 radical (unpaired) electrons. The van der Waals surface area contributed by atoms with E-state index in [9.17, 15) is 9.90 Å². The number of aliphatic hydroxyl groups is 1. The van der Waals surface area contributed by atoms with Crippen molar-refractivity contribution in [2.24, 2.45) is 0 Å². The zero-order valence-electron chi connectivity index (χ0n) is 10.1. The standard InChI is InChI=1S/C12H17BrN2O3/c1-18-7-8(16)5-6-15-12(17)9-3-2-4-10(14)11(9)13/h2-4,8,16H,5-7,14H2,1H3,(H,15,17). The van der Waals surface area contributed by atoms with Crippen LogP contribution in [0.25, 0.3) is 0 Å². The summed E-state index contributed by atoms with van der Waals surface area (Å²) in [5.74, 6) is -0.223. The van der Waals surface area contributed by atoms with Crippen molar-refractivity contribution in [3.8, 4) is 0 Å². The van der Waals surface area contributed by atoms with Crippen LogP contribution in [0.2, 0.25) is 0 Å². The van der Waals surface area contributed by atoms with Crippen LogP contribution in [-0.2, 0) is 4.74 Å². The van der Waals surface area contributed by atoms with Gasteiger partial charge in [0.2, 0.25) is 0 Å². The molecule has 0 saturated carbocycles. The molecule has 1 aromatic rings. The Kier molecular flexibility index (Phi) is 6.11. The number of anilines is 1. The van der Waals surface area contributed by atoms with Crippen LogP contribution in [0, 0.1) is 0 Å². The summed E-state index contributed by atoms with van der Waals surface area (Å²) in [4.78, 5) is 11.8. The number of aliphatic hydroxyl groups excluding tert-OH is 1. The van der Waals surface area contributed by atoms with E-state index in [1.165, 1.54) is 7.11 Å². The molecule has 100 valence electrons. The highest BCUT2D eigenvalue weighted by Gasteiger charge is 2.11. The highest BCUT2D eigenvalue weighted by Crippen LogP contribution is 2.23. The van der Waals surface area contributed by atoms with Gasteiger partial charge in [0.05, 0.1) is 22.7 Å². The van der Waals surface area contributed by atoms with Gasteiger partial charge < -0.3 is 20.9 Å². The molecular formula is C12H17BrN2O3. The van der Waals surface area contributed by atoms with E-state index in [4.69, 9.17) is 10.5 Å². The molecule has 1 aromatic carbocycles. The molecular weight excluding hydrogens is 300 g/mol. The Balaban J connectivity index is 2.48. The van der Waals surface area contributed by atoms with E-state index in [1.807, 2.05) is 0 Å². The van der Waals surface area contributed by atoms with Crippen molar-refractivity contribution in [3.63, 3.8) is 0 Å². The number of amides is 1. The van der Waals surface area contributed by atoms with Gasteiger partial charge in [-0.15, -0.1) is 0 Å². The molecule has 0 heterocycles. The first-order valence-electron chi connectivity index (χ1n) is 5.55. The van der Waals surface area contributed by atoms with Crippen LogP contribution in [0.1, 0.15) is 16.8 Å². The Morgan fingerprint density at radius 3 is 3.00 bits per heavy atom. The molecule has 0 aromatic heterocycles. The smallest absolute Gasteiger partial charge is 0.252 e. The molecule has 18 heavy (non-hydrogen) atoms. The number of nitrogens with one attached hydrogen (secondary N) is 1. The molecule has 1 atom stereocenters. The summed E-state index contributed by atoms with van der Waals surface area (Å²) in [6.45, 7) is 0.641. The normalized spacial score (nSPS) is 12.2. The molecule has 0 aliphatic rings. The molecule has 1 unspecified atom stereocenters. The highest BCUT2D eigenvalue weighted by molar-refractivity contribution is 9.10. The zero-order valence-corrected chi connectivity index (χ0v) is 11.7. The number of rotatable bonds is 6. The molecule has 6 heteroatoms. The molecule has 4 N–H and O–H groups in total. The van der Waals surface area contributed by atoms with Crippen LogP contribution in [0.5, 0.6) is 0 Å². The minimum Gasteiger partial charge on any atom is -0.398 e. The molecule has 0 spiro atoms. The largest absolute Gasteiger partial charge is 0.398 e. The molecule has 0 aliphatic carbocycles. The summed E-state index contributed by atoms with van der Waals surface area (Å²) >= 11 is 3.27. The summed E-state index contributed by atoms with van der Waals surface area (Å²) in [5.41, 5.74) is 6.69. The van der Waals surface area contributed by atoms with Gasteiger partial charge in [-0.25, -0.2) is 0 Å². The van der Waals surface area contributed by atoms with Gasteiger partial charge in [0, 0.05) is 19.3 Å². The minimum atomic E-state index is -0.570. The molecule has 0 bridgehead atoms. The van der Waals surface area contributed by atoms with E-state index >= 15 is 0 Å². The fraction of sp³-hybridized carbons (Fsp3) is 0.417. The predicted molar refractivity (Wildman–Crippen MR) is 73.4 cm³/mol. The van der Waals surface area contributed by atoms with Gasteiger partial charge in [0.25, 0.3) is 5.91 Å². The summed E-state index contributed by atoms with van der Waals surface area (Å²) < 4.78 is 5.38. The number of carbonyl (C=O) groups excluding carboxylic acids is 1. The second-order valence-corrected chi connectivity index (χ2v) is 4.66. The Hall–Kier alpha value is -1.11. The lowest BCUT2D eigenvalue weighted by Gasteiger charge is -2.11. The lowest BCUT2D eigenvalue weighted by atomic mass is 10.2. The lowest BCUT2D eigenvalue weighted by molar-refractivity contribution is 0.0587. The summed E-state index contributed by atoms with van der Waals surface area (Å²) in [6.07, 6.45) is -0.126. The first-order valence-corrected chi connectivity index (χ1v) is 6.34. The topological polar surface area (TPSA) is 84.6 Å². The van der Waals surface area contributed by atoms with Crippen LogP contribution in [-0.4, -0.2) is 37.4 Å². The number of hydrogen-bond donors (Lipinski definition) is 3. The number of nitrogen functional groups attached to an aromatic ring is 1. The second kappa shape index (κ2) is 7.35. The van der Waals surface area contributed by atoms with Crippen molar-refractivity contribution in [1.29, 1.82) is 0 Å². The van der Waals surface area contributed by atoms with E-state index in [2.05, 4.69) is 21.2 Å². The van der Waals surface area contributed by atoms with Crippen molar-refractivity contribution in [3.05, 3.63) is 28.2 Å². The molecule has 1 amide bonds. The number of methoxy groups -OCH3 is 1. The van der Waals surface area contributed by atoms with E-state index in [-0.39, 0.29) is 12.5 Å². The van der Waals surface area contributed by atoms with Crippen LogP contribution >= 0.6 is 15.9 Å². The molecule has 0 fully saturated rings. The summed E-state index contributed by atoms with van der Waals surface area (Å²) in [6, 6.07) is 5.11. The molecule has 0 aliphatic heterocycles. The van der Waals surface area contributed by atoms with Crippen LogP contribution < -0.4 is 11.1 Å². The maximum atomic E-state index is 11.8. The number of ether oxygens (including phenoxy) is 1. The monoisotopic (exact) mass is 316 g/mol. The maximum absolute atomic E-state index is 11.8. The maximum Gasteiger partial charge on any atom is 0.252 e. The third-order valence-electron chi connectivity index (χ3n) is 2.40. The number of hydrogen-bond acceptors (Lipinski definition) is 4. The Morgan fingerprint density at radius 1 is 1.61 bits per heavy atom. The quantitative estimate of drug-likeness (QED) is 0.688. The fourth-order valence-corrected chi connectivity index (χ4v) is 1.89. The fourth-order valence-electron chi connectivity index (χ4n) is 1.45. The average Bonchev–Trinajstić information content (AvgIpc) is 2.33. The van der Waals surface area contributed by atoms with Gasteiger partial charge in [-0.05, 0) is 34.5 Å². The van der Waals surface area contributed by atoms with Gasteiger partial charge in [-0.3, -0.25) is 4.79 Å². The van der Waals surface area contributed by atoms with Crippen LogP contribution in [0.3, 0.4) is 0 Å². The van der Waals surface area contributed by atoms with Crippen molar-refractivity contribution in [1.82, 2.24) is 5.32 Å². The Bertz CT molecular complexity index is 412. The third kappa shape index (κ3) is 4.29. The van der Waals surface area contributed by atoms with E-state index < -0.39 is 6.10 Å². The van der Waals surface area contributed by atoms with Gasteiger partial charge >= 0.3 is 0 Å². The summed E-state index contributed by atoms with van der Waals surface area (Å²) in [5, 5.41) is 12.1. The summed E-state index contributed by atoms with van der Waals surface area (Å²) in [7, 11) is 1.52. The predicted octanol–water partition coefficient (Wildman–Crippen LogP) is 1.16. The van der Waals surface area contributed by atoms with Crippen LogP contribution in [0.15, 0.2) is 22.7 Å². The third-order valence-corrected chi connectivity index (χ3v) is 3.28. The number of nitrogens with two attached hydrogens (primary N) is 1. The SMILES string of the molecule is COCC(O)CCNC(=O)c1cccc(N)c1Br. The van der Waals surface area contributed by atoms with E-state index in [0.717, 1.165) is 0 Å². The van der Waals surface area contributed by atoms with Gasteiger partial charge in [-0.1, -0.05) is 6.07 Å². The van der Waals surface area contributed by atoms with Gasteiger partial charge in [0.1, 0.15) is 0 Å². The minimum absolute atomic E-state index is 0.223. The number of halogens is 1. The van der Waals surface area contributed by atoms with Crippen molar-refractivity contribution in [2.75, 3.05) is 26.0 Å². The highest BCUT2D eigenvalue weighted by atomic mass is 79.9. The Labute approximate surface area is 114 Å². The Morgan fingerprint density at radius 2 is 2.33 bits per heavy atom. The average molecular weight is 317 g/mol. The first kappa shape index (κ1) is 14.9. The van der Waals surface area contributed by atoms with E-state index in [1.54, 1.807) is 18.2 Å². The van der Waals surface area contributed by atoms with Gasteiger partial charge in [-0.2, -0.15) is 0 Å². The van der Waals surface area contributed by atoms with Crippen molar-refractivity contribution in [2.45, 2.75) is 12.5 Å². The zero-order chi connectivity index (χ0) is 13.5. The van der Waals surface area contributed by atoms with Crippen molar-refractivity contribution >= 4 is 27.5 Å². The van der Waals surface area contributed by atoms with Crippen LogP contribution in [0.4, 0.5) is 5.69 Å². The van der Waals surface area contributed by atoms with E-state index in [0.29, 0.717) is 28.7 Å².